The Balaban J connectivity index is 2.09. The highest BCUT2D eigenvalue weighted by molar-refractivity contribution is 8.91. The summed E-state index contributed by atoms with van der Waals surface area (Å²) in [5.74, 6) is 0. The topological polar surface area (TPSA) is 3.24 Å². The monoisotopic (exact) mass is 309 g/mol. The normalized spacial score (nSPS) is 25.4. The van der Waals surface area contributed by atoms with Crippen molar-refractivity contribution in [3.63, 3.8) is 0 Å². The summed E-state index contributed by atoms with van der Waals surface area (Å²) in [6.45, 7) is 0. The van der Waals surface area contributed by atoms with Crippen molar-refractivity contribution < 1.29 is 0 Å². The number of thiol groups is 2. The summed E-state index contributed by atoms with van der Waals surface area (Å²) >= 11 is 15.0. The molecule has 0 aromatic heterocycles. The highest BCUT2D eigenvalue weighted by Crippen LogP contribution is 2.63. The molecule has 17 heavy (non-hydrogen) atoms. The van der Waals surface area contributed by atoms with Crippen LogP contribution < -0.4 is 0 Å². The van der Waals surface area contributed by atoms with E-state index in [4.69, 9.17) is 11.8 Å². The van der Waals surface area contributed by atoms with Gasteiger partial charge in [0.2, 0.25) is 0 Å². The number of hydrogen-bond acceptors (Lipinski definition) is 1. The van der Waals surface area contributed by atoms with Crippen molar-refractivity contribution in [1.29, 1.82) is 0 Å². The molecule has 0 atom stereocenters. The van der Waals surface area contributed by atoms with Gasteiger partial charge in [0, 0.05) is 12.1 Å². The molecule has 2 saturated carbocycles. The molecule has 0 N–H and O–H groups in total. The van der Waals surface area contributed by atoms with Crippen LogP contribution in [0.2, 0.25) is 0 Å². The average molecular weight is 310 g/mol. The van der Waals surface area contributed by atoms with Gasteiger partial charge in [0.25, 0.3) is 0 Å². The van der Waals surface area contributed by atoms with E-state index in [9.17, 15) is 0 Å². The van der Waals surface area contributed by atoms with E-state index in [1.165, 1.54) is 64.2 Å². The van der Waals surface area contributed by atoms with Crippen molar-refractivity contribution in [2.45, 2.75) is 76.3 Å². The molecule has 0 aromatic carbocycles. The summed E-state index contributed by atoms with van der Waals surface area (Å²) in [6.07, 6.45) is 13.5. The molecule has 0 saturated heterocycles. The van der Waals surface area contributed by atoms with Gasteiger partial charge >= 0.3 is 0 Å². The van der Waals surface area contributed by atoms with Crippen LogP contribution in [0.15, 0.2) is 0 Å². The molecule has 2 aliphatic rings. The minimum atomic E-state index is -1.86. The first-order chi connectivity index (χ1) is 8.09. The second-order valence-electron chi connectivity index (χ2n) is 5.48. The SMILES string of the molecule is S=P(S)(S)N(C1CCCCC1)C1CCCCC1. The van der Waals surface area contributed by atoms with Crippen LogP contribution in [-0.4, -0.2) is 16.8 Å². The van der Waals surface area contributed by atoms with Gasteiger partial charge in [-0.2, -0.15) is 0 Å². The molecule has 0 radical (unpaired) electrons. The van der Waals surface area contributed by atoms with Gasteiger partial charge in [-0.3, -0.25) is 4.67 Å². The first-order valence-corrected chi connectivity index (χ1v) is 12.0. The van der Waals surface area contributed by atoms with E-state index in [0.29, 0.717) is 12.1 Å². The third-order valence-corrected chi connectivity index (χ3v) is 7.26. The van der Waals surface area contributed by atoms with Gasteiger partial charge in [0.1, 0.15) is 4.59 Å². The Bertz CT molecular complexity index is 261. The average Bonchev–Trinajstić information content (AvgIpc) is 2.30. The third kappa shape index (κ3) is 4.14. The molecule has 0 unspecified atom stereocenters. The van der Waals surface area contributed by atoms with Gasteiger partial charge in [0.05, 0.1) is 0 Å². The van der Waals surface area contributed by atoms with E-state index in [-0.39, 0.29) is 0 Å². The summed E-state index contributed by atoms with van der Waals surface area (Å²) in [6, 6.07) is 1.35. The minimum Gasteiger partial charge on any atom is -0.254 e. The van der Waals surface area contributed by atoms with Gasteiger partial charge in [0.15, 0.2) is 0 Å². The summed E-state index contributed by atoms with van der Waals surface area (Å²) in [5, 5.41) is 0. The molecular formula is C12H24NPS3. The van der Waals surface area contributed by atoms with Crippen molar-refractivity contribution in [2.75, 3.05) is 0 Å². The van der Waals surface area contributed by atoms with Gasteiger partial charge in [-0.15, -0.1) is 24.5 Å². The lowest BCUT2D eigenvalue weighted by molar-refractivity contribution is 0.181. The van der Waals surface area contributed by atoms with E-state index in [2.05, 4.69) is 29.2 Å². The van der Waals surface area contributed by atoms with E-state index in [1.807, 2.05) is 0 Å². The van der Waals surface area contributed by atoms with Crippen molar-refractivity contribution in [3.05, 3.63) is 0 Å². The zero-order valence-electron chi connectivity index (χ0n) is 10.4. The number of rotatable bonds is 3. The molecule has 0 heterocycles. The first-order valence-electron chi connectivity index (χ1n) is 6.93. The first kappa shape index (κ1) is 14.7. The maximum Gasteiger partial charge on any atom is 0.115 e. The second kappa shape index (κ2) is 6.65. The van der Waals surface area contributed by atoms with E-state index in [0.717, 1.165) is 0 Å². The lowest BCUT2D eigenvalue weighted by Gasteiger charge is -2.44. The zero-order valence-corrected chi connectivity index (χ0v) is 13.9. The second-order valence-corrected chi connectivity index (χ2v) is 14.6. The van der Waals surface area contributed by atoms with Crippen LogP contribution in [0, 0.1) is 0 Å². The van der Waals surface area contributed by atoms with Crippen molar-refractivity contribution in [3.8, 4) is 0 Å². The molecule has 0 spiro atoms. The molecular weight excluding hydrogens is 285 g/mol. The number of hydrogen-bond donors (Lipinski definition) is 2. The van der Waals surface area contributed by atoms with Gasteiger partial charge in [-0.05, 0) is 25.7 Å². The molecule has 100 valence electrons. The Morgan fingerprint density at radius 1 is 0.765 bits per heavy atom. The fourth-order valence-electron chi connectivity index (χ4n) is 3.41. The molecule has 2 rings (SSSR count). The van der Waals surface area contributed by atoms with Crippen LogP contribution in [0.3, 0.4) is 0 Å². The van der Waals surface area contributed by atoms with Crippen LogP contribution in [0.5, 0.6) is 0 Å². The molecule has 0 aromatic rings. The maximum atomic E-state index is 5.63. The fraction of sp³-hybridized carbons (Fsp3) is 1.00. The molecule has 0 bridgehead atoms. The summed E-state index contributed by atoms with van der Waals surface area (Å²) < 4.78 is 0.705. The highest BCUT2D eigenvalue weighted by Gasteiger charge is 2.34. The van der Waals surface area contributed by atoms with Crippen molar-refractivity contribution in [1.82, 2.24) is 4.67 Å². The quantitative estimate of drug-likeness (QED) is 0.555. The largest absolute Gasteiger partial charge is 0.254 e. The summed E-state index contributed by atoms with van der Waals surface area (Å²) in [5.41, 5.74) is 0. The molecule has 2 aliphatic carbocycles. The lowest BCUT2D eigenvalue weighted by Crippen LogP contribution is -2.41. The van der Waals surface area contributed by atoms with E-state index < -0.39 is 4.59 Å². The summed E-state index contributed by atoms with van der Waals surface area (Å²) in [4.78, 5) is 0. The Hall–Kier alpha value is 1.31. The predicted molar refractivity (Wildman–Crippen MR) is 87.8 cm³/mol. The van der Waals surface area contributed by atoms with E-state index in [1.54, 1.807) is 0 Å². The third-order valence-electron chi connectivity index (χ3n) is 4.20. The predicted octanol–water partition coefficient (Wildman–Crippen LogP) is 5.04. The van der Waals surface area contributed by atoms with Gasteiger partial charge in [-0.1, -0.05) is 50.3 Å². The Kier molecular flexibility index (Phi) is 5.76. The van der Waals surface area contributed by atoms with Crippen molar-refractivity contribution in [2.24, 2.45) is 0 Å². The zero-order chi connectivity index (χ0) is 12.3. The van der Waals surface area contributed by atoms with Crippen molar-refractivity contribution >= 4 is 40.9 Å². The van der Waals surface area contributed by atoms with Crippen LogP contribution in [0.4, 0.5) is 0 Å². The van der Waals surface area contributed by atoms with Crippen LogP contribution in [0.1, 0.15) is 64.2 Å². The standard InChI is InChI=1S/C12H24NPS3/c15-14(16,17)13(11-7-3-1-4-8-11)12-9-5-2-6-10-12/h11-12H,1-10H2,(H2,15,16,17). The lowest BCUT2D eigenvalue weighted by atomic mass is 9.91. The molecule has 2 fully saturated rings. The van der Waals surface area contributed by atoms with E-state index >= 15 is 0 Å². The smallest absolute Gasteiger partial charge is 0.115 e. The Morgan fingerprint density at radius 2 is 1.12 bits per heavy atom. The van der Waals surface area contributed by atoms with Gasteiger partial charge < -0.3 is 0 Å². The van der Waals surface area contributed by atoms with Crippen LogP contribution >= 0.6 is 29.1 Å². The Morgan fingerprint density at radius 3 is 1.41 bits per heavy atom. The number of nitrogens with zero attached hydrogens (tertiary/aromatic N) is 1. The van der Waals surface area contributed by atoms with Gasteiger partial charge in [-0.25, -0.2) is 0 Å². The summed E-state index contributed by atoms with van der Waals surface area (Å²) in [7, 11) is 0. The highest BCUT2D eigenvalue weighted by atomic mass is 33.2. The maximum absolute atomic E-state index is 5.63. The Labute approximate surface area is 121 Å². The molecule has 5 heteroatoms. The molecule has 0 amide bonds. The molecule has 0 aliphatic heterocycles. The molecule has 1 nitrogen and oxygen atoms in total. The van der Waals surface area contributed by atoms with Crippen LogP contribution in [-0.2, 0) is 11.8 Å². The minimum absolute atomic E-state index is 0.674. The van der Waals surface area contributed by atoms with Crippen LogP contribution in [0.25, 0.3) is 0 Å². The fourth-order valence-corrected chi connectivity index (χ4v) is 7.28.